The second-order valence-electron chi connectivity index (χ2n) is 7.35. The summed E-state index contributed by atoms with van der Waals surface area (Å²) in [5, 5.41) is 2.86. The van der Waals surface area contributed by atoms with Gasteiger partial charge in [0.05, 0.1) is 24.1 Å². The van der Waals surface area contributed by atoms with Crippen LogP contribution >= 0.6 is 22.6 Å². The molecule has 164 valence electrons. The lowest BCUT2D eigenvalue weighted by molar-refractivity contribution is -0.147. The number of carbonyl (C=O) groups is 1. The van der Waals surface area contributed by atoms with Gasteiger partial charge in [0.1, 0.15) is 42.0 Å². The van der Waals surface area contributed by atoms with E-state index in [1.165, 1.54) is 29.1 Å². The van der Waals surface area contributed by atoms with Crippen molar-refractivity contribution in [2.75, 3.05) is 18.5 Å². The molecule has 3 aromatic rings. The van der Waals surface area contributed by atoms with Crippen molar-refractivity contribution in [3.8, 4) is 0 Å². The molecule has 31 heavy (non-hydrogen) atoms. The van der Waals surface area contributed by atoms with Gasteiger partial charge in [-0.25, -0.2) is 19.2 Å². The van der Waals surface area contributed by atoms with Crippen LogP contribution in [-0.4, -0.2) is 40.4 Å². The first-order valence-electron chi connectivity index (χ1n) is 9.34. The Hall–Kier alpha value is -2.35. The molecule has 1 aromatic carbocycles. The van der Waals surface area contributed by atoms with Crippen molar-refractivity contribution in [1.82, 2.24) is 14.9 Å². The third-order valence-corrected chi connectivity index (χ3v) is 5.25. The molecule has 11 heteroatoms. The Morgan fingerprint density at radius 3 is 2.87 bits per heavy atom. The molecule has 2 aromatic heterocycles. The van der Waals surface area contributed by atoms with E-state index >= 15 is 0 Å². The molecule has 0 radical (unpaired) electrons. The van der Waals surface area contributed by atoms with E-state index in [2.05, 4.69) is 15.8 Å². The maximum Gasteiger partial charge on any atom is 0.278 e. The van der Waals surface area contributed by atoms with Gasteiger partial charge >= 0.3 is 0 Å². The van der Waals surface area contributed by atoms with Gasteiger partial charge in [0, 0.05) is 3.57 Å². The van der Waals surface area contributed by atoms with E-state index in [4.69, 9.17) is 14.3 Å². The molecule has 1 aliphatic rings. The van der Waals surface area contributed by atoms with Gasteiger partial charge in [-0.2, -0.15) is 0 Å². The number of fused-ring (bicyclic) bond motifs is 1. The lowest BCUT2D eigenvalue weighted by Crippen LogP contribution is -2.31. The number of nitrogens with one attached hydrogen (secondary N) is 2. The molecule has 2 N–H and O–H groups in total. The molecular weight excluding hydrogens is 525 g/mol. The van der Waals surface area contributed by atoms with E-state index in [9.17, 15) is 13.6 Å². The standard InChI is InChI=1S/C20H19F2IN4O4/c1-20(2)29-8-12(31-20)9-30-26-19(28)13-6-15(22)17-7-24-10-27(17)18(13)25-16-4-3-11(23)5-14(16)21/h3-7,10,12,25H,8-9H2,1-2H3,(H,26,28)/t12-/m1/s1. The maximum absolute atomic E-state index is 14.5. The summed E-state index contributed by atoms with van der Waals surface area (Å²) in [6.45, 7) is 3.91. The predicted octanol–water partition coefficient (Wildman–Crippen LogP) is 3.77. The van der Waals surface area contributed by atoms with Crippen LogP contribution in [0.3, 0.4) is 0 Å². The van der Waals surface area contributed by atoms with Crippen LogP contribution in [0.5, 0.6) is 0 Å². The number of hydrogen-bond donors (Lipinski definition) is 2. The lowest BCUT2D eigenvalue weighted by atomic mass is 10.2. The summed E-state index contributed by atoms with van der Waals surface area (Å²) in [5.74, 6) is -2.49. The number of aromatic nitrogens is 2. The first kappa shape index (κ1) is 21.9. The van der Waals surface area contributed by atoms with Crippen molar-refractivity contribution >= 4 is 45.5 Å². The number of rotatable bonds is 6. The zero-order chi connectivity index (χ0) is 22.2. The quantitative estimate of drug-likeness (QED) is 0.363. The molecule has 0 saturated carbocycles. The first-order valence-corrected chi connectivity index (χ1v) is 10.4. The summed E-state index contributed by atoms with van der Waals surface area (Å²) in [4.78, 5) is 21.9. The number of pyridine rings is 1. The fourth-order valence-electron chi connectivity index (χ4n) is 3.17. The number of ether oxygens (including phenoxy) is 2. The van der Waals surface area contributed by atoms with Gasteiger partial charge in [-0.3, -0.25) is 14.0 Å². The summed E-state index contributed by atoms with van der Waals surface area (Å²) in [5.41, 5.74) is 2.43. The Labute approximate surface area is 190 Å². The van der Waals surface area contributed by atoms with Crippen LogP contribution in [0, 0.1) is 15.2 Å². The van der Waals surface area contributed by atoms with E-state index in [1.54, 1.807) is 19.9 Å². The SMILES string of the molecule is CC1(C)OC[C@H](CONC(=O)c2cc(F)c3cncn3c2Nc2ccc(I)cc2F)O1. The number of carbonyl (C=O) groups excluding carboxylic acids is 1. The monoisotopic (exact) mass is 544 g/mol. The Morgan fingerprint density at radius 2 is 2.16 bits per heavy atom. The highest BCUT2D eigenvalue weighted by Gasteiger charge is 2.33. The van der Waals surface area contributed by atoms with Gasteiger partial charge in [-0.15, -0.1) is 0 Å². The van der Waals surface area contributed by atoms with Crippen LogP contribution in [0.4, 0.5) is 20.3 Å². The third-order valence-electron chi connectivity index (χ3n) is 4.58. The molecule has 3 heterocycles. The Morgan fingerprint density at radius 1 is 1.35 bits per heavy atom. The first-order chi connectivity index (χ1) is 14.7. The molecule has 1 saturated heterocycles. The van der Waals surface area contributed by atoms with Crippen molar-refractivity contribution in [3.63, 3.8) is 0 Å². The highest BCUT2D eigenvalue weighted by molar-refractivity contribution is 14.1. The van der Waals surface area contributed by atoms with E-state index in [0.29, 0.717) is 10.2 Å². The number of hydroxylamine groups is 1. The number of halogens is 3. The van der Waals surface area contributed by atoms with Crippen LogP contribution < -0.4 is 10.8 Å². The molecule has 1 atom stereocenters. The number of nitrogens with zero attached hydrogens (tertiary/aromatic N) is 2. The van der Waals surface area contributed by atoms with Gasteiger partial charge in [0.15, 0.2) is 5.79 Å². The van der Waals surface area contributed by atoms with Gasteiger partial charge < -0.3 is 14.8 Å². The normalized spacial score (nSPS) is 17.8. The molecule has 1 fully saturated rings. The largest absolute Gasteiger partial charge is 0.348 e. The highest BCUT2D eigenvalue weighted by atomic mass is 127. The smallest absolute Gasteiger partial charge is 0.278 e. The van der Waals surface area contributed by atoms with Crippen molar-refractivity contribution < 1.29 is 27.9 Å². The molecule has 0 aliphatic carbocycles. The van der Waals surface area contributed by atoms with Crippen molar-refractivity contribution in [2.24, 2.45) is 0 Å². The molecule has 1 aliphatic heterocycles. The van der Waals surface area contributed by atoms with Gasteiger partial charge in [0.2, 0.25) is 0 Å². The van der Waals surface area contributed by atoms with Crippen molar-refractivity contribution in [2.45, 2.75) is 25.7 Å². The van der Waals surface area contributed by atoms with E-state index < -0.39 is 23.3 Å². The van der Waals surface area contributed by atoms with Gasteiger partial charge in [-0.05, 0) is 60.7 Å². The summed E-state index contributed by atoms with van der Waals surface area (Å²) in [7, 11) is 0. The van der Waals surface area contributed by atoms with Crippen LogP contribution in [0.1, 0.15) is 24.2 Å². The molecular formula is C20H19F2IN4O4. The zero-order valence-corrected chi connectivity index (χ0v) is 18.8. The van der Waals surface area contributed by atoms with Gasteiger partial charge in [0.25, 0.3) is 5.91 Å². The van der Waals surface area contributed by atoms with Crippen LogP contribution in [0.15, 0.2) is 36.8 Å². The summed E-state index contributed by atoms with van der Waals surface area (Å²) >= 11 is 1.99. The number of benzene rings is 1. The maximum atomic E-state index is 14.5. The molecule has 0 spiro atoms. The minimum absolute atomic E-state index is 0.0412. The molecule has 1 amide bonds. The van der Waals surface area contributed by atoms with Crippen molar-refractivity contribution in [1.29, 1.82) is 0 Å². The number of anilines is 2. The Kier molecular flexibility index (Phi) is 6.10. The van der Waals surface area contributed by atoms with Crippen LogP contribution in [0.2, 0.25) is 0 Å². The molecule has 8 nitrogen and oxygen atoms in total. The fraction of sp³-hybridized carbons (Fsp3) is 0.300. The third kappa shape index (κ3) is 4.79. The molecule has 4 rings (SSSR count). The molecule has 0 unspecified atom stereocenters. The number of imidazole rings is 1. The average molecular weight is 544 g/mol. The summed E-state index contributed by atoms with van der Waals surface area (Å²) < 4.78 is 42.0. The Balaban J connectivity index is 1.57. The predicted molar refractivity (Wildman–Crippen MR) is 116 cm³/mol. The number of amides is 1. The topological polar surface area (TPSA) is 86.1 Å². The minimum Gasteiger partial charge on any atom is -0.348 e. The van der Waals surface area contributed by atoms with E-state index in [1.807, 2.05) is 22.6 Å². The summed E-state index contributed by atoms with van der Waals surface area (Å²) in [6.07, 6.45) is 2.28. The zero-order valence-electron chi connectivity index (χ0n) is 16.6. The van der Waals surface area contributed by atoms with E-state index in [-0.39, 0.29) is 35.3 Å². The van der Waals surface area contributed by atoms with Crippen LogP contribution in [-0.2, 0) is 14.3 Å². The second kappa shape index (κ2) is 8.65. The summed E-state index contributed by atoms with van der Waals surface area (Å²) in [6, 6.07) is 5.61. The minimum atomic E-state index is -0.721. The van der Waals surface area contributed by atoms with Crippen molar-refractivity contribution in [3.05, 3.63) is 57.6 Å². The second-order valence-corrected chi connectivity index (χ2v) is 8.59. The Bertz CT molecular complexity index is 1140. The average Bonchev–Trinajstić information content (AvgIpc) is 3.32. The fourth-order valence-corrected chi connectivity index (χ4v) is 3.62. The van der Waals surface area contributed by atoms with E-state index in [0.717, 1.165) is 6.07 Å². The van der Waals surface area contributed by atoms with Crippen LogP contribution in [0.25, 0.3) is 5.52 Å². The van der Waals surface area contributed by atoms with Gasteiger partial charge in [-0.1, -0.05) is 0 Å². The lowest BCUT2D eigenvalue weighted by Gasteiger charge is -2.17. The molecule has 0 bridgehead atoms. The highest BCUT2D eigenvalue weighted by Crippen LogP contribution is 2.27. The number of hydrogen-bond acceptors (Lipinski definition) is 6.